The minimum absolute atomic E-state index is 0.0910. The molecule has 1 fully saturated rings. The second-order valence-electron chi connectivity index (χ2n) is 7.82. The molecule has 4 rings (SSSR count). The summed E-state index contributed by atoms with van der Waals surface area (Å²) in [5.41, 5.74) is 3.45. The molecule has 0 spiro atoms. The van der Waals surface area contributed by atoms with Gasteiger partial charge in [0.2, 0.25) is 0 Å². The molecular weight excluding hydrogens is 455 g/mol. The third kappa shape index (κ3) is 6.33. The zero-order chi connectivity index (χ0) is 24.8. The van der Waals surface area contributed by atoms with Crippen LogP contribution in [0.15, 0.2) is 54.7 Å². The minimum Gasteiger partial charge on any atom is -0.481 e. The van der Waals surface area contributed by atoms with Crippen molar-refractivity contribution < 1.29 is 37.7 Å². The minimum atomic E-state index is -5.08. The first kappa shape index (κ1) is 25.2. The Kier molecular flexibility index (Phi) is 7.90. The van der Waals surface area contributed by atoms with Crippen LogP contribution >= 0.6 is 0 Å². The van der Waals surface area contributed by atoms with E-state index in [1.165, 1.54) is 0 Å². The van der Waals surface area contributed by atoms with Crippen LogP contribution in [-0.4, -0.2) is 56.5 Å². The molecular formula is C23H24F3N3O5. The van der Waals surface area contributed by atoms with E-state index in [0.29, 0.717) is 32.6 Å². The largest absolute Gasteiger partial charge is 0.490 e. The van der Waals surface area contributed by atoms with E-state index in [2.05, 4.69) is 9.72 Å². The number of hydrogen-bond donors (Lipinski definition) is 3. The molecule has 0 unspecified atom stereocenters. The lowest BCUT2D eigenvalue weighted by molar-refractivity contribution is -0.192. The number of fused-ring (bicyclic) bond motifs is 1. The van der Waals surface area contributed by atoms with E-state index in [1.54, 1.807) is 0 Å². The number of carboxylic acids is 2. The van der Waals surface area contributed by atoms with Crippen LogP contribution in [0.2, 0.25) is 0 Å². The van der Waals surface area contributed by atoms with Gasteiger partial charge in [0.05, 0.1) is 17.8 Å². The standard InChI is InChI=1S/C21H23N3O3.C2HF3O2/c25-19(26)14-21(9-12-27-13-10-21)22-15-17-20(16-6-2-1-3-7-16)23-18-8-4-5-11-24(17)18;3-2(4,5)1(6)7/h1-8,11,22H,9-10,12-15H2,(H,25,26);(H,6,7). The normalized spacial score (nSPS) is 15.4. The van der Waals surface area contributed by atoms with Crippen molar-refractivity contribution in [1.29, 1.82) is 0 Å². The SMILES string of the molecule is O=C(O)C(F)(F)F.O=C(O)CC1(NCc2c(-c3ccccc3)nc3ccccn23)CCOCC1. The molecule has 0 saturated carbocycles. The summed E-state index contributed by atoms with van der Waals surface area (Å²) in [5, 5.41) is 20.1. The lowest BCUT2D eigenvalue weighted by Crippen LogP contribution is -2.50. The van der Waals surface area contributed by atoms with Crippen LogP contribution in [0.3, 0.4) is 0 Å². The number of hydrogen-bond acceptors (Lipinski definition) is 5. The predicted molar refractivity (Wildman–Crippen MR) is 116 cm³/mol. The highest BCUT2D eigenvalue weighted by atomic mass is 19.4. The number of aliphatic carboxylic acids is 2. The number of benzene rings is 1. The molecule has 0 radical (unpaired) electrons. The Morgan fingerprint density at radius 1 is 1.06 bits per heavy atom. The Morgan fingerprint density at radius 2 is 1.68 bits per heavy atom. The van der Waals surface area contributed by atoms with Gasteiger partial charge in [0.1, 0.15) is 5.65 Å². The molecule has 1 saturated heterocycles. The maximum absolute atomic E-state index is 11.4. The monoisotopic (exact) mass is 479 g/mol. The first-order valence-corrected chi connectivity index (χ1v) is 10.5. The second-order valence-corrected chi connectivity index (χ2v) is 7.82. The summed E-state index contributed by atoms with van der Waals surface area (Å²) in [7, 11) is 0. The van der Waals surface area contributed by atoms with Gasteiger partial charge in [-0.2, -0.15) is 13.2 Å². The maximum Gasteiger partial charge on any atom is 0.490 e. The van der Waals surface area contributed by atoms with Crippen LogP contribution in [0.25, 0.3) is 16.9 Å². The van der Waals surface area contributed by atoms with Crippen molar-refractivity contribution in [3.63, 3.8) is 0 Å². The fourth-order valence-corrected chi connectivity index (χ4v) is 3.78. The van der Waals surface area contributed by atoms with Gasteiger partial charge >= 0.3 is 18.1 Å². The Morgan fingerprint density at radius 3 is 2.26 bits per heavy atom. The maximum atomic E-state index is 11.4. The fourth-order valence-electron chi connectivity index (χ4n) is 3.78. The summed E-state index contributed by atoms with van der Waals surface area (Å²) in [6, 6.07) is 16.0. The molecule has 3 heterocycles. The van der Waals surface area contributed by atoms with E-state index in [1.807, 2.05) is 54.7 Å². The molecule has 182 valence electrons. The summed E-state index contributed by atoms with van der Waals surface area (Å²) < 4.78 is 39.3. The first-order valence-electron chi connectivity index (χ1n) is 10.5. The number of halogens is 3. The molecule has 2 aromatic heterocycles. The van der Waals surface area contributed by atoms with E-state index in [9.17, 15) is 23.1 Å². The highest BCUT2D eigenvalue weighted by Gasteiger charge is 2.38. The molecule has 0 atom stereocenters. The molecule has 0 amide bonds. The zero-order valence-electron chi connectivity index (χ0n) is 18.1. The van der Waals surface area contributed by atoms with Crippen LogP contribution < -0.4 is 5.32 Å². The Bertz CT molecular complexity index is 1130. The van der Waals surface area contributed by atoms with Gasteiger partial charge in [-0.05, 0) is 25.0 Å². The highest BCUT2D eigenvalue weighted by Crippen LogP contribution is 2.28. The molecule has 3 aromatic rings. The summed E-state index contributed by atoms with van der Waals surface area (Å²) in [6.07, 6.45) is -1.61. The predicted octanol–water partition coefficient (Wildman–Crippen LogP) is 3.75. The first-order chi connectivity index (χ1) is 16.1. The third-order valence-electron chi connectivity index (χ3n) is 5.49. The highest BCUT2D eigenvalue weighted by molar-refractivity contribution is 5.73. The Balaban J connectivity index is 0.000000406. The quantitative estimate of drug-likeness (QED) is 0.494. The van der Waals surface area contributed by atoms with Crippen molar-refractivity contribution in [3.8, 4) is 11.3 Å². The second kappa shape index (κ2) is 10.7. The fraction of sp³-hybridized carbons (Fsp3) is 0.348. The van der Waals surface area contributed by atoms with E-state index >= 15 is 0 Å². The van der Waals surface area contributed by atoms with Gasteiger partial charge in [-0.1, -0.05) is 36.4 Å². The number of carbonyl (C=O) groups is 2. The van der Waals surface area contributed by atoms with Crippen LogP contribution in [0.5, 0.6) is 0 Å². The van der Waals surface area contributed by atoms with Gasteiger partial charge in [-0.3, -0.25) is 4.79 Å². The van der Waals surface area contributed by atoms with Crippen LogP contribution in [-0.2, 0) is 20.9 Å². The number of carboxylic acid groups (broad SMARTS) is 2. The topological polar surface area (TPSA) is 113 Å². The van der Waals surface area contributed by atoms with E-state index in [0.717, 1.165) is 22.6 Å². The van der Waals surface area contributed by atoms with E-state index in [-0.39, 0.29) is 6.42 Å². The van der Waals surface area contributed by atoms with Crippen LogP contribution in [0.1, 0.15) is 25.0 Å². The molecule has 1 aliphatic heterocycles. The van der Waals surface area contributed by atoms with Gasteiger partial charge in [0.25, 0.3) is 0 Å². The van der Waals surface area contributed by atoms with Crippen LogP contribution in [0.4, 0.5) is 13.2 Å². The Hall–Kier alpha value is -3.44. The molecule has 8 nitrogen and oxygen atoms in total. The molecule has 1 aromatic carbocycles. The average molecular weight is 479 g/mol. The number of aromatic nitrogens is 2. The zero-order valence-corrected chi connectivity index (χ0v) is 18.1. The van der Waals surface area contributed by atoms with Gasteiger partial charge in [0.15, 0.2) is 0 Å². The lowest BCUT2D eigenvalue weighted by Gasteiger charge is -2.37. The van der Waals surface area contributed by atoms with Crippen molar-refractivity contribution >= 4 is 17.6 Å². The number of rotatable bonds is 6. The summed E-state index contributed by atoms with van der Waals surface area (Å²) in [6.45, 7) is 1.71. The van der Waals surface area contributed by atoms with Crippen molar-refractivity contribution in [2.75, 3.05) is 13.2 Å². The Labute approximate surface area is 193 Å². The summed E-state index contributed by atoms with van der Waals surface area (Å²) in [4.78, 5) is 25.1. The molecule has 1 aliphatic rings. The average Bonchev–Trinajstić information content (AvgIpc) is 3.17. The number of pyridine rings is 1. The van der Waals surface area contributed by atoms with Gasteiger partial charge in [-0.15, -0.1) is 0 Å². The van der Waals surface area contributed by atoms with Gasteiger partial charge < -0.3 is 24.7 Å². The molecule has 0 aliphatic carbocycles. The molecule has 0 bridgehead atoms. The number of alkyl halides is 3. The van der Waals surface area contributed by atoms with Crippen molar-refractivity contribution in [2.45, 2.75) is 37.5 Å². The number of ether oxygens (including phenoxy) is 1. The smallest absolute Gasteiger partial charge is 0.481 e. The molecule has 34 heavy (non-hydrogen) atoms. The lowest BCUT2D eigenvalue weighted by atomic mass is 9.86. The van der Waals surface area contributed by atoms with Crippen molar-refractivity contribution in [2.24, 2.45) is 0 Å². The molecule has 3 N–H and O–H groups in total. The summed E-state index contributed by atoms with van der Waals surface area (Å²) in [5.74, 6) is -3.54. The van der Waals surface area contributed by atoms with Crippen LogP contribution in [0, 0.1) is 0 Å². The van der Waals surface area contributed by atoms with E-state index < -0.39 is 23.7 Å². The number of nitrogens with one attached hydrogen (secondary N) is 1. The number of imidazole rings is 1. The van der Waals surface area contributed by atoms with Crippen molar-refractivity contribution in [1.82, 2.24) is 14.7 Å². The van der Waals surface area contributed by atoms with Crippen molar-refractivity contribution in [3.05, 3.63) is 60.4 Å². The van der Waals surface area contributed by atoms with E-state index in [4.69, 9.17) is 19.6 Å². The molecule has 11 heteroatoms. The number of nitrogens with zero attached hydrogens (tertiary/aromatic N) is 2. The van der Waals surface area contributed by atoms with Gasteiger partial charge in [-0.25, -0.2) is 9.78 Å². The third-order valence-corrected chi connectivity index (χ3v) is 5.49. The summed E-state index contributed by atoms with van der Waals surface area (Å²) >= 11 is 0. The van der Waals surface area contributed by atoms with Gasteiger partial charge in [0, 0.05) is 37.1 Å².